The largest absolute Gasteiger partial charge is 0.335 e. The number of hydrogen-bond acceptors (Lipinski definition) is 5. The smallest absolute Gasteiger partial charge is 0.254 e. The highest BCUT2D eigenvalue weighted by Gasteiger charge is 2.36. The molecular formula is C21H19ClN4OS. The van der Waals surface area contributed by atoms with Crippen LogP contribution in [-0.4, -0.2) is 38.3 Å². The first-order valence-electron chi connectivity index (χ1n) is 9.51. The lowest BCUT2D eigenvalue weighted by molar-refractivity contribution is 0.0588. The standard InChI is InChI=1S/C21H19ClN4OS/c22-15-4-7-17-13(10-15)2-5-16-6-3-14(11-26(16)21(17)27)20-25-18(12-28-20)19-23-8-1-9-24-19/h1,4,7-10,12,14,16H,2-3,5-6,11H2/t14-,16+/m0/s1. The van der Waals surface area contributed by atoms with Crippen LogP contribution in [0.1, 0.15) is 46.1 Å². The Bertz CT molecular complexity index is 1020. The van der Waals surface area contributed by atoms with Gasteiger partial charge in [-0.15, -0.1) is 11.3 Å². The molecule has 0 spiro atoms. The number of halogens is 1. The van der Waals surface area contributed by atoms with Crippen molar-refractivity contribution in [1.29, 1.82) is 0 Å². The van der Waals surface area contributed by atoms with Crippen molar-refractivity contribution in [2.45, 2.75) is 37.6 Å². The van der Waals surface area contributed by atoms with Gasteiger partial charge >= 0.3 is 0 Å². The normalized spacial score (nSPS) is 21.8. The molecule has 2 aliphatic heterocycles. The molecule has 5 rings (SSSR count). The van der Waals surface area contributed by atoms with Gasteiger partial charge in [-0.1, -0.05) is 11.6 Å². The van der Waals surface area contributed by atoms with Crippen LogP contribution in [0.4, 0.5) is 0 Å². The fourth-order valence-electron chi connectivity index (χ4n) is 4.24. The molecule has 1 saturated heterocycles. The Balaban J connectivity index is 1.40. The zero-order chi connectivity index (χ0) is 19.1. The first-order valence-corrected chi connectivity index (χ1v) is 10.8. The molecule has 4 heterocycles. The number of hydrogen-bond donors (Lipinski definition) is 0. The van der Waals surface area contributed by atoms with Gasteiger partial charge in [-0.25, -0.2) is 15.0 Å². The Hall–Kier alpha value is -2.31. The fraction of sp³-hybridized carbons (Fsp3) is 0.333. The highest BCUT2D eigenvalue weighted by molar-refractivity contribution is 7.10. The van der Waals surface area contributed by atoms with Crippen molar-refractivity contribution in [2.75, 3.05) is 6.54 Å². The molecule has 2 aliphatic rings. The third-order valence-corrected chi connectivity index (χ3v) is 6.92. The molecule has 28 heavy (non-hydrogen) atoms. The number of rotatable bonds is 2. The van der Waals surface area contributed by atoms with Gasteiger partial charge in [0.15, 0.2) is 5.82 Å². The lowest BCUT2D eigenvalue weighted by atomic mass is 9.91. The molecule has 1 amide bonds. The summed E-state index contributed by atoms with van der Waals surface area (Å²) in [6.45, 7) is 0.716. The SMILES string of the molecule is O=C1c2ccc(Cl)cc2CC[C@@H]2CC[C@H](c3nc(-c4ncccn4)cs3)CN12. The van der Waals surface area contributed by atoms with Gasteiger partial charge < -0.3 is 4.90 Å². The highest BCUT2D eigenvalue weighted by Crippen LogP contribution is 2.37. The van der Waals surface area contributed by atoms with Gasteiger partial charge in [-0.2, -0.15) is 0 Å². The second-order valence-electron chi connectivity index (χ2n) is 7.37. The molecule has 0 aliphatic carbocycles. The monoisotopic (exact) mass is 410 g/mol. The summed E-state index contributed by atoms with van der Waals surface area (Å²) in [5, 5.41) is 3.77. The van der Waals surface area contributed by atoms with E-state index in [2.05, 4.69) is 14.9 Å². The summed E-state index contributed by atoms with van der Waals surface area (Å²) in [6.07, 6.45) is 7.41. The van der Waals surface area contributed by atoms with Crippen LogP contribution in [-0.2, 0) is 6.42 Å². The minimum Gasteiger partial charge on any atom is -0.335 e. The molecule has 0 bridgehead atoms. The second-order valence-corrected chi connectivity index (χ2v) is 8.70. The van der Waals surface area contributed by atoms with Gasteiger partial charge in [-0.3, -0.25) is 4.79 Å². The Morgan fingerprint density at radius 1 is 1.14 bits per heavy atom. The van der Waals surface area contributed by atoms with Gasteiger partial charge in [0.2, 0.25) is 0 Å². The number of thiazole rings is 1. The fourth-order valence-corrected chi connectivity index (χ4v) is 5.36. The van der Waals surface area contributed by atoms with Crippen molar-refractivity contribution in [3.63, 3.8) is 0 Å². The van der Waals surface area contributed by atoms with Crippen LogP contribution < -0.4 is 0 Å². The Labute approximate surface area is 172 Å². The summed E-state index contributed by atoms with van der Waals surface area (Å²) >= 11 is 7.78. The van der Waals surface area contributed by atoms with Gasteiger partial charge in [0.25, 0.3) is 5.91 Å². The molecule has 3 aromatic rings. The lowest BCUT2D eigenvalue weighted by Crippen LogP contribution is -2.45. The van der Waals surface area contributed by atoms with E-state index in [-0.39, 0.29) is 11.8 Å². The van der Waals surface area contributed by atoms with Crippen LogP contribution >= 0.6 is 22.9 Å². The minimum absolute atomic E-state index is 0.127. The average Bonchev–Trinajstić information content (AvgIpc) is 3.18. The second kappa shape index (κ2) is 7.26. The van der Waals surface area contributed by atoms with Gasteiger partial charge in [0.05, 0.1) is 5.01 Å². The maximum Gasteiger partial charge on any atom is 0.254 e. The number of carbonyl (C=O) groups is 1. The van der Waals surface area contributed by atoms with E-state index in [4.69, 9.17) is 16.6 Å². The molecule has 0 N–H and O–H groups in total. The van der Waals surface area contributed by atoms with Crippen molar-refractivity contribution in [1.82, 2.24) is 19.9 Å². The molecule has 0 saturated carbocycles. The van der Waals surface area contributed by atoms with E-state index in [9.17, 15) is 4.79 Å². The van der Waals surface area contributed by atoms with Crippen molar-refractivity contribution in [2.24, 2.45) is 0 Å². The van der Waals surface area contributed by atoms with E-state index < -0.39 is 0 Å². The summed E-state index contributed by atoms with van der Waals surface area (Å²) in [7, 11) is 0. The minimum atomic E-state index is 0.127. The van der Waals surface area contributed by atoms with E-state index in [1.807, 2.05) is 23.6 Å². The number of fused-ring (bicyclic) bond motifs is 2. The van der Waals surface area contributed by atoms with Gasteiger partial charge in [0, 0.05) is 46.9 Å². The third kappa shape index (κ3) is 3.20. The van der Waals surface area contributed by atoms with Crippen molar-refractivity contribution in [3.8, 4) is 11.5 Å². The molecule has 0 unspecified atom stereocenters. The molecule has 7 heteroatoms. The zero-order valence-electron chi connectivity index (χ0n) is 15.2. The van der Waals surface area contributed by atoms with Crippen LogP contribution in [0.3, 0.4) is 0 Å². The van der Waals surface area contributed by atoms with E-state index >= 15 is 0 Å². The first kappa shape index (κ1) is 17.8. The van der Waals surface area contributed by atoms with Crippen molar-refractivity contribution >= 4 is 28.8 Å². The molecule has 5 nitrogen and oxygen atoms in total. The van der Waals surface area contributed by atoms with E-state index in [0.717, 1.165) is 47.5 Å². The summed E-state index contributed by atoms with van der Waals surface area (Å²) in [5.41, 5.74) is 2.68. The predicted molar refractivity (Wildman–Crippen MR) is 110 cm³/mol. The summed E-state index contributed by atoms with van der Waals surface area (Å²) in [4.78, 5) is 28.7. The van der Waals surface area contributed by atoms with E-state index in [0.29, 0.717) is 23.4 Å². The maximum absolute atomic E-state index is 13.2. The topological polar surface area (TPSA) is 59.0 Å². The Morgan fingerprint density at radius 3 is 2.86 bits per heavy atom. The van der Waals surface area contributed by atoms with Gasteiger partial charge in [0.1, 0.15) is 5.69 Å². The van der Waals surface area contributed by atoms with Crippen LogP contribution in [0.5, 0.6) is 0 Å². The Morgan fingerprint density at radius 2 is 2.00 bits per heavy atom. The van der Waals surface area contributed by atoms with Gasteiger partial charge in [-0.05, 0) is 55.5 Å². The molecule has 2 atom stereocenters. The van der Waals surface area contributed by atoms with Crippen molar-refractivity contribution in [3.05, 3.63) is 63.2 Å². The maximum atomic E-state index is 13.2. The number of aryl methyl sites for hydroxylation is 1. The average molecular weight is 411 g/mol. The Kier molecular flexibility index (Phi) is 4.61. The van der Waals surface area contributed by atoms with Crippen molar-refractivity contribution < 1.29 is 4.79 Å². The highest BCUT2D eigenvalue weighted by atomic mass is 35.5. The summed E-state index contributed by atoms with van der Waals surface area (Å²) in [5.74, 6) is 1.04. The molecule has 1 aromatic carbocycles. The molecule has 2 aromatic heterocycles. The number of amides is 1. The van der Waals surface area contributed by atoms with Crippen LogP contribution in [0.15, 0.2) is 42.0 Å². The molecule has 142 valence electrons. The number of nitrogens with zero attached hydrogens (tertiary/aromatic N) is 4. The molecule has 0 radical (unpaired) electrons. The quantitative estimate of drug-likeness (QED) is 0.620. The number of carbonyl (C=O) groups excluding carboxylic acids is 1. The third-order valence-electron chi connectivity index (χ3n) is 5.68. The summed E-state index contributed by atoms with van der Waals surface area (Å²) < 4.78 is 0. The first-order chi connectivity index (χ1) is 13.7. The van der Waals surface area contributed by atoms with E-state index in [1.54, 1.807) is 29.8 Å². The van der Waals surface area contributed by atoms with Crippen LogP contribution in [0, 0.1) is 0 Å². The lowest BCUT2D eigenvalue weighted by Gasteiger charge is -2.38. The zero-order valence-corrected chi connectivity index (χ0v) is 16.8. The number of piperidine rings is 1. The molecular weight excluding hydrogens is 392 g/mol. The summed E-state index contributed by atoms with van der Waals surface area (Å²) in [6, 6.07) is 7.73. The number of benzene rings is 1. The molecule has 1 fully saturated rings. The number of aromatic nitrogens is 3. The van der Waals surface area contributed by atoms with Crippen LogP contribution in [0.25, 0.3) is 11.5 Å². The van der Waals surface area contributed by atoms with Crippen LogP contribution in [0.2, 0.25) is 5.02 Å². The van der Waals surface area contributed by atoms with E-state index in [1.165, 1.54) is 0 Å². The predicted octanol–water partition coefficient (Wildman–Crippen LogP) is 4.59.